The molecular weight excluding hydrogens is 446 g/mol. The Hall–Kier alpha value is -3.42. The standard InChI is InChI=1S/C27H35N3O5/c1-4-7-11-17(5-2)14-21-19(6-3)23(25(33)26(28)34)24-27(35-16-22(31)32)29-20(15-30(21)24)18-12-9-8-10-13-18/h4,7,11,15,18H,5-6,8-10,12-14,16H2,1-3H3,(H2,28,34)(H,31,32)/b7-4-,17-11+. The second kappa shape index (κ2) is 11.8. The molecule has 1 amide bonds. The Bertz CT molecular complexity index is 1170. The molecule has 3 rings (SSSR count). The maximum atomic E-state index is 13.0. The van der Waals surface area contributed by atoms with E-state index >= 15 is 0 Å². The number of carboxylic acid groups (broad SMARTS) is 1. The van der Waals surface area contributed by atoms with Crippen molar-refractivity contribution in [3.63, 3.8) is 0 Å². The first-order valence-corrected chi connectivity index (χ1v) is 12.4. The second-order valence-corrected chi connectivity index (χ2v) is 8.94. The molecule has 2 aromatic heterocycles. The van der Waals surface area contributed by atoms with E-state index in [4.69, 9.17) is 15.5 Å². The van der Waals surface area contributed by atoms with Crippen molar-refractivity contribution in [3.8, 4) is 5.88 Å². The highest BCUT2D eigenvalue weighted by Crippen LogP contribution is 2.37. The molecule has 1 fully saturated rings. The summed E-state index contributed by atoms with van der Waals surface area (Å²) in [6.45, 7) is 5.34. The van der Waals surface area contributed by atoms with Gasteiger partial charge in [-0.1, -0.05) is 56.9 Å². The number of ether oxygens (including phenoxy) is 1. The van der Waals surface area contributed by atoms with E-state index in [1.165, 1.54) is 6.42 Å². The first-order chi connectivity index (χ1) is 16.8. The van der Waals surface area contributed by atoms with Crippen LogP contribution in [0.5, 0.6) is 5.88 Å². The van der Waals surface area contributed by atoms with Crippen LogP contribution in [0, 0.1) is 0 Å². The third kappa shape index (κ3) is 5.81. The van der Waals surface area contributed by atoms with Gasteiger partial charge in [0, 0.05) is 24.2 Å². The molecule has 188 valence electrons. The molecule has 0 atom stereocenters. The fourth-order valence-corrected chi connectivity index (χ4v) is 4.89. The van der Waals surface area contributed by atoms with E-state index in [-0.39, 0.29) is 17.4 Å². The van der Waals surface area contributed by atoms with Gasteiger partial charge in [0.15, 0.2) is 6.61 Å². The van der Waals surface area contributed by atoms with E-state index < -0.39 is 24.3 Å². The second-order valence-electron chi connectivity index (χ2n) is 8.94. The molecule has 35 heavy (non-hydrogen) atoms. The average molecular weight is 482 g/mol. The summed E-state index contributed by atoms with van der Waals surface area (Å²) in [7, 11) is 0. The Morgan fingerprint density at radius 2 is 1.94 bits per heavy atom. The molecular formula is C27H35N3O5. The van der Waals surface area contributed by atoms with E-state index in [1.54, 1.807) is 0 Å². The number of carbonyl (C=O) groups excluding carboxylic acids is 2. The zero-order valence-corrected chi connectivity index (χ0v) is 20.8. The van der Waals surface area contributed by atoms with Gasteiger partial charge in [0.05, 0.1) is 11.3 Å². The molecule has 8 nitrogen and oxygen atoms in total. The number of nitrogens with zero attached hydrogens (tertiary/aromatic N) is 2. The third-order valence-electron chi connectivity index (χ3n) is 6.65. The van der Waals surface area contributed by atoms with Crippen molar-refractivity contribution < 1.29 is 24.2 Å². The molecule has 0 bridgehead atoms. The van der Waals surface area contributed by atoms with Crippen LogP contribution in [0.1, 0.15) is 92.5 Å². The molecule has 3 N–H and O–H groups in total. The van der Waals surface area contributed by atoms with Crippen LogP contribution in [0.4, 0.5) is 0 Å². The number of fused-ring (bicyclic) bond motifs is 1. The van der Waals surface area contributed by atoms with Crippen molar-refractivity contribution >= 4 is 23.2 Å². The first-order valence-electron chi connectivity index (χ1n) is 12.4. The van der Waals surface area contributed by atoms with Crippen LogP contribution >= 0.6 is 0 Å². The van der Waals surface area contributed by atoms with Crippen LogP contribution in [0.2, 0.25) is 0 Å². The molecule has 0 unspecified atom stereocenters. The van der Waals surface area contributed by atoms with Crippen LogP contribution in [-0.4, -0.2) is 38.8 Å². The summed E-state index contributed by atoms with van der Waals surface area (Å²) in [5.41, 5.74) is 9.42. The lowest BCUT2D eigenvalue weighted by Gasteiger charge is -2.22. The van der Waals surface area contributed by atoms with Crippen LogP contribution in [0.3, 0.4) is 0 Å². The molecule has 1 aliphatic carbocycles. The SMILES string of the molecule is C/C=C\C=C(/CC)Cc1c(CC)c(C(=O)C(N)=O)c2c(OCC(=O)O)nc(C3CCCCC3)cn12. The normalized spacial score (nSPS) is 15.1. The Balaban J connectivity index is 2.35. The average Bonchev–Trinajstić information content (AvgIpc) is 3.17. The van der Waals surface area contributed by atoms with Crippen molar-refractivity contribution in [2.24, 2.45) is 5.73 Å². The van der Waals surface area contributed by atoms with Crippen molar-refractivity contribution in [1.82, 2.24) is 9.38 Å². The monoisotopic (exact) mass is 481 g/mol. The smallest absolute Gasteiger partial charge is 0.341 e. The minimum atomic E-state index is -1.15. The Morgan fingerprint density at radius 1 is 1.23 bits per heavy atom. The topological polar surface area (TPSA) is 124 Å². The van der Waals surface area contributed by atoms with Gasteiger partial charge in [-0.05, 0) is 38.2 Å². The number of nitrogens with two attached hydrogens (primary N) is 1. The Labute approximate surface area is 205 Å². The van der Waals surface area contributed by atoms with Gasteiger partial charge in [-0.25, -0.2) is 9.78 Å². The van der Waals surface area contributed by atoms with Crippen molar-refractivity contribution in [1.29, 1.82) is 0 Å². The summed E-state index contributed by atoms with van der Waals surface area (Å²) in [6.07, 6.45) is 15.2. The molecule has 2 heterocycles. The summed E-state index contributed by atoms with van der Waals surface area (Å²) in [6, 6.07) is 0. The maximum absolute atomic E-state index is 13.0. The highest BCUT2D eigenvalue weighted by molar-refractivity contribution is 6.44. The molecule has 0 radical (unpaired) electrons. The summed E-state index contributed by atoms with van der Waals surface area (Å²) in [4.78, 5) is 41.1. The van der Waals surface area contributed by atoms with E-state index in [2.05, 4.69) is 13.0 Å². The van der Waals surface area contributed by atoms with Gasteiger partial charge in [0.1, 0.15) is 5.52 Å². The summed E-state index contributed by atoms with van der Waals surface area (Å²) < 4.78 is 7.52. The Morgan fingerprint density at radius 3 is 2.51 bits per heavy atom. The third-order valence-corrected chi connectivity index (χ3v) is 6.65. The number of allylic oxidation sites excluding steroid dienone is 4. The van der Waals surface area contributed by atoms with Gasteiger partial charge >= 0.3 is 5.97 Å². The lowest BCUT2D eigenvalue weighted by Crippen LogP contribution is -2.24. The quantitative estimate of drug-likeness (QED) is 0.276. The fraction of sp³-hybridized carbons (Fsp3) is 0.481. The minimum absolute atomic E-state index is 0.0523. The number of hydrogen-bond acceptors (Lipinski definition) is 5. The first kappa shape index (κ1) is 26.2. The summed E-state index contributed by atoms with van der Waals surface area (Å²) in [5.74, 6) is -2.77. The molecule has 1 saturated carbocycles. The minimum Gasteiger partial charge on any atom is -0.479 e. The highest BCUT2D eigenvalue weighted by Gasteiger charge is 2.30. The predicted molar refractivity (Wildman–Crippen MR) is 134 cm³/mol. The molecule has 0 aromatic carbocycles. The van der Waals surface area contributed by atoms with Gasteiger partial charge in [0.2, 0.25) is 5.88 Å². The van der Waals surface area contributed by atoms with Crippen LogP contribution in [-0.2, 0) is 22.4 Å². The van der Waals surface area contributed by atoms with Gasteiger partial charge < -0.3 is 20.0 Å². The zero-order valence-electron chi connectivity index (χ0n) is 20.8. The number of ketones is 1. The van der Waals surface area contributed by atoms with Crippen molar-refractivity contribution in [2.75, 3.05) is 6.61 Å². The van der Waals surface area contributed by atoms with E-state index in [9.17, 15) is 19.5 Å². The van der Waals surface area contributed by atoms with Crippen LogP contribution in [0.25, 0.3) is 5.52 Å². The number of rotatable bonds is 11. The van der Waals surface area contributed by atoms with E-state index in [1.807, 2.05) is 36.6 Å². The molecule has 8 heteroatoms. The number of carboxylic acids is 1. The number of aromatic nitrogens is 2. The lowest BCUT2D eigenvalue weighted by atomic mass is 9.87. The number of amides is 1. The van der Waals surface area contributed by atoms with Crippen LogP contribution < -0.4 is 10.5 Å². The van der Waals surface area contributed by atoms with Crippen molar-refractivity contribution in [2.45, 2.75) is 78.1 Å². The van der Waals surface area contributed by atoms with Crippen LogP contribution in [0.15, 0.2) is 30.0 Å². The predicted octanol–water partition coefficient (Wildman–Crippen LogP) is 4.53. The lowest BCUT2D eigenvalue weighted by molar-refractivity contribution is -0.139. The number of primary amides is 1. The van der Waals surface area contributed by atoms with Gasteiger partial charge in [-0.2, -0.15) is 0 Å². The largest absolute Gasteiger partial charge is 0.479 e. The Kier molecular flexibility index (Phi) is 8.84. The highest BCUT2D eigenvalue weighted by atomic mass is 16.5. The molecule has 2 aromatic rings. The van der Waals surface area contributed by atoms with E-state index in [0.29, 0.717) is 23.9 Å². The molecule has 0 saturated heterocycles. The van der Waals surface area contributed by atoms with Gasteiger partial charge in [-0.15, -0.1) is 0 Å². The summed E-state index contributed by atoms with van der Waals surface area (Å²) >= 11 is 0. The van der Waals surface area contributed by atoms with Gasteiger partial charge in [-0.3, -0.25) is 9.59 Å². The maximum Gasteiger partial charge on any atom is 0.341 e. The number of hydrogen-bond donors (Lipinski definition) is 2. The summed E-state index contributed by atoms with van der Waals surface area (Å²) in [5, 5.41) is 9.26. The van der Waals surface area contributed by atoms with Gasteiger partial charge in [0.25, 0.3) is 11.7 Å². The molecule has 1 aliphatic rings. The molecule has 0 aliphatic heterocycles. The molecule has 0 spiro atoms. The fourth-order valence-electron chi connectivity index (χ4n) is 4.89. The number of aliphatic carboxylic acids is 1. The number of Topliss-reactive ketones (excluding diaryl/α,β-unsaturated/α-hetero) is 1. The van der Waals surface area contributed by atoms with E-state index in [0.717, 1.165) is 49.1 Å². The number of carbonyl (C=O) groups is 3. The van der Waals surface area contributed by atoms with Crippen molar-refractivity contribution in [3.05, 3.63) is 52.5 Å². The zero-order chi connectivity index (χ0) is 25.5.